The van der Waals surface area contributed by atoms with E-state index in [9.17, 15) is 4.79 Å². The van der Waals surface area contributed by atoms with Crippen LogP contribution in [-0.2, 0) is 0 Å². The predicted molar refractivity (Wildman–Crippen MR) is 96.6 cm³/mol. The highest BCUT2D eigenvalue weighted by Gasteiger charge is 2.28. The first-order valence-corrected chi connectivity index (χ1v) is 8.86. The van der Waals surface area contributed by atoms with Crippen molar-refractivity contribution in [2.24, 2.45) is 0 Å². The van der Waals surface area contributed by atoms with Crippen LogP contribution in [0.2, 0.25) is 0 Å². The molecule has 3 rings (SSSR count). The number of hydrogen-bond acceptors (Lipinski definition) is 5. The summed E-state index contributed by atoms with van der Waals surface area (Å²) < 4.78 is 5.13. The van der Waals surface area contributed by atoms with Crippen molar-refractivity contribution in [3.05, 3.63) is 40.5 Å². The smallest absolute Gasteiger partial charge is 0.316 e. The SMILES string of the molecule is Cc1cc(C2CCN(C(=O)c3nc(C(C)C)no3)CC2)c(C)cc1N. The largest absolute Gasteiger partial charge is 0.399 e. The number of piperidine rings is 1. The van der Waals surface area contributed by atoms with Crippen molar-refractivity contribution in [1.82, 2.24) is 15.0 Å². The Kier molecular flexibility index (Phi) is 4.79. The van der Waals surface area contributed by atoms with Gasteiger partial charge in [-0.3, -0.25) is 4.79 Å². The molecule has 134 valence electrons. The molecule has 1 saturated heterocycles. The first-order valence-electron chi connectivity index (χ1n) is 8.86. The van der Waals surface area contributed by atoms with Gasteiger partial charge in [0.15, 0.2) is 5.82 Å². The number of aromatic nitrogens is 2. The van der Waals surface area contributed by atoms with Gasteiger partial charge in [0.2, 0.25) is 0 Å². The van der Waals surface area contributed by atoms with Crippen LogP contribution >= 0.6 is 0 Å². The van der Waals surface area contributed by atoms with Crippen LogP contribution in [-0.4, -0.2) is 34.0 Å². The number of amides is 1. The maximum absolute atomic E-state index is 12.6. The Balaban J connectivity index is 1.67. The van der Waals surface area contributed by atoms with E-state index in [1.165, 1.54) is 11.1 Å². The average Bonchev–Trinajstić information content (AvgIpc) is 3.08. The van der Waals surface area contributed by atoms with E-state index >= 15 is 0 Å². The van der Waals surface area contributed by atoms with Crippen LogP contribution in [0.25, 0.3) is 0 Å². The Morgan fingerprint density at radius 1 is 1.24 bits per heavy atom. The fourth-order valence-corrected chi connectivity index (χ4v) is 3.39. The normalized spacial score (nSPS) is 15.8. The summed E-state index contributed by atoms with van der Waals surface area (Å²) >= 11 is 0. The molecule has 0 radical (unpaired) electrons. The lowest BCUT2D eigenvalue weighted by atomic mass is 9.85. The molecule has 25 heavy (non-hydrogen) atoms. The van der Waals surface area contributed by atoms with Crippen molar-refractivity contribution in [2.45, 2.75) is 52.4 Å². The second-order valence-electron chi connectivity index (χ2n) is 7.24. The van der Waals surface area contributed by atoms with Gasteiger partial charge in [0.25, 0.3) is 0 Å². The third-order valence-electron chi connectivity index (χ3n) is 5.02. The molecule has 0 saturated carbocycles. The third kappa shape index (κ3) is 3.52. The van der Waals surface area contributed by atoms with E-state index in [4.69, 9.17) is 10.3 Å². The molecule has 0 unspecified atom stereocenters. The van der Waals surface area contributed by atoms with Crippen LogP contribution in [0.15, 0.2) is 16.7 Å². The molecule has 6 heteroatoms. The monoisotopic (exact) mass is 342 g/mol. The maximum Gasteiger partial charge on any atom is 0.316 e. The minimum atomic E-state index is -0.164. The number of likely N-dealkylation sites (tertiary alicyclic amines) is 1. The number of carbonyl (C=O) groups is 1. The number of rotatable bonds is 3. The molecule has 6 nitrogen and oxygen atoms in total. The number of carbonyl (C=O) groups excluding carboxylic acids is 1. The molecular weight excluding hydrogens is 316 g/mol. The average molecular weight is 342 g/mol. The lowest BCUT2D eigenvalue weighted by molar-refractivity contribution is 0.0662. The number of benzene rings is 1. The van der Waals surface area contributed by atoms with E-state index in [-0.39, 0.29) is 17.7 Å². The molecule has 0 spiro atoms. The number of aryl methyl sites for hydroxylation is 2. The first-order chi connectivity index (χ1) is 11.9. The predicted octanol–water partition coefficient (Wildman–Crippen LogP) is 3.41. The van der Waals surface area contributed by atoms with E-state index in [0.29, 0.717) is 24.8 Å². The second kappa shape index (κ2) is 6.86. The van der Waals surface area contributed by atoms with Crippen molar-refractivity contribution >= 4 is 11.6 Å². The van der Waals surface area contributed by atoms with Gasteiger partial charge < -0.3 is 15.2 Å². The van der Waals surface area contributed by atoms with E-state index in [1.54, 1.807) is 0 Å². The summed E-state index contributed by atoms with van der Waals surface area (Å²) in [6.45, 7) is 9.49. The fraction of sp³-hybridized carbons (Fsp3) is 0.526. The number of hydrogen-bond donors (Lipinski definition) is 1. The van der Waals surface area contributed by atoms with Gasteiger partial charge in [-0.25, -0.2) is 0 Å². The van der Waals surface area contributed by atoms with Crippen molar-refractivity contribution in [3.63, 3.8) is 0 Å². The van der Waals surface area contributed by atoms with Gasteiger partial charge in [0.05, 0.1) is 0 Å². The fourth-order valence-electron chi connectivity index (χ4n) is 3.39. The lowest BCUT2D eigenvalue weighted by Gasteiger charge is -2.32. The molecule has 0 aliphatic carbocycles. The summed E-state index contributed by atoms with van der Waals surface area (Å²) in [7, 11) is 0. The molecule has 1 aromatic heterocycles. The molecule has 2 heterocycles. The number of anilines is 1. The van der Waals surface area contributed by atoms with Crippen molar-refractivity contribution in [1.29, 1.82) is 0 Å². The van der Waals surface area contributed by atoms with Crippen LogP contribution < -0.4 is 5.73 Å². The Bertz CT molecular complexity index is 774. The highest BCUT2D eigenvalue weighted by atomic mass is 16.5. The Labute approximate surface area is 148 Å². The molecule has 1 aliphatic rings. The van der Waals surface area contributed by atoms with Gasteiger partial charge in [-0.05, 0) is 55.4 Å². The van der Waals surface area contributed by atoms with Crippen molar-refractivity contribution in [2.75, 3.05) is 18.8 Å². The molecule has 1 amide bonds. The van der Waals surface area contributed by atoms with Gasteiger partial charge in [0.1, 0.15) is 0 Å². The zero-order valence-electron chi connectivity index (χ0n) is 15.4. The van der Waals surface area contributed by atoms with E-state index < -0.39 is 0 Å². The summed E-state index contributed by atoms with van der Waals surface area (Å²) in [6, 6.07) is 4.24. The summed E-state index contributed by atoms with van der Waals surface area (Å²) in [5.41, 5.74) is 10.5. The zero-order valence-corrected chi connectivity index (χ0v) is 15.4. The number of nitrogens with zero attached hydrogens (tertiary/aromatic N) is 3. The van der Waals surface area contributed by atoms with Crippen LogP contribution in [0.3, 0.4) is 0 Å². The minimum absolute atomic E-state index is 0.0988. The van der Waals surface area contributed by atoms with Gasteiger partial charge >= 0.3 is 11.8 Å². The molecule has 1 fully saturated rings. The molecule has 1 aromatic carbocycles. The Morgan fingerprint density at radius 2 is 1.92 bits per heavy atom. The molecule has 0 atom stereocenters. The van der Waals surface area contributed by atoms with E-state index in [0.717, 1.165) is 24.1 Å². The Morgan fingerprint density at radius 3 is 2.52 bits per heavy atom. The first kappa shape index (κ1) is 17.5. The van der Waals surface area contributed by atoms with Crippen LogP contribution in [0.1, 0.15) is 71.7 Å². The van der Waals surface area contributed by atoms with E-state index in [2.05, 4.69) is 23.1 Å². The van der Waals surface area contributed by atoms with E-state index in [1.807, 2.05) is 31.7 Å². The summed E-state index contributed by atoms with van der Waals surface area (Å²) in [5, 5.41) is 3.88. The Hall–Kier alpha value is -2.37. The molecule has 2 aromatic rings. The number of nitrogen functional groups attached to an aromatic ring is 1. The van der Waals surface area contributed by atoms with Crippen molar-refractivity contribution < 1.29 is 9.32 Å². The number of nitrogens with two attached hydrogens (primary N) is 1. The molecule has 1 aliphatic heterocycles. The highest BCUT2D eigenvalue weighted by molar-refractivity contribution is 5.89. The zero-order chi connectivity index (χ0) is 18.1. The second-order valence-corrected chi connectivity index (χ2v) is 7.24. The van der Waals surface area contributed by atoms with Gasteiger partial charge in [-0.2, -0.15) is 4.98 Å². The van der Waals surface area contributed by atoms with Gasteiger partial charge in [0, 0.05) is 24.7 Å². The molecule has 0 bridgehead atoms. The molecule has 2 N–H and O–H groups in total. The van der Waals surface area contributed by atoms with Crippen molar-refractivity contribution in [3.8, 4) is 0 Å². The maximum atomic E-state index is 12.6. The quantitative estimate of drug-likeness (QED) is 0.864. The van der Waals surface area contributed by atoms with Gasteiger partial charge in [-0.15, -0.1) is 0 Å². The molecular formula is C19H26N4O2. The van der Waals surface area contributed by atoms with Gasteiger partial charge in [-0.1, -0.05) is 25.1 Å². The third-order valence-corrected chi connectivity index (χ3v) is 5.02. The van der Waals surface area contributed by atoms with Crippen LogP contribution in [0.4, 0.5) is 5.69 Å². The lowest BCUT2D eigenvalue weighted by Crippen LogP contribution is -2.38. The summed E-state index contributed by atoms with van der Waals surface area (Å²) in [6.07, 6.45) is 1.86. The van der Waals surface area contributed by atoms with Crippen LogP contribution in [0, 0.1) is 13.8 Å². The highest BCUT2D eigenvalue weighted by Crippen LogP contribution is 2.32. The standard InChI is InChI=1S/C19H26N4O2/c1-11(2)17-21-18(25-22-17)19(24)23-7-5-14(6-8-23)15-9-13(4)16(20)10-12(15)3/h9-11,14H,5-8,20H2,1-4H3. The van der Waals surface area contributed by atoms with Crippen LogP contribution in [0.5, 0.6) is 0 Å². The summed E-state index contributed by atoms with van der Waals surface area (Å²) in [4.78, 5) is 18.6. The minimum Gasteiger partial charge on any atom is -0.399 e. The topological polar surface area (TPSA) is 85.2 Å². The summed E-state index contributed by atoms with van der Waals surface area (Å²) in [5.74, 6) is 1.11.